The standard InChI is InChI=1S/C18H36N2O2/c1-14(2)16(20-17(21)22-18(3,4)5)13-19-12-15-10-8-6-7-9-11-15/h14-16,19H,6-13H2,1-5H3,(H,20,21). The van der Waals surface area contributed by atoms with Crippen LogP contribution in [0.3, 0.4) is 0 Å². The number of alkyl carbamates (subject to hydrolysis) is 1. The molecule has 0 radical (unpaired) electrons. The molecule has 1 aliphatic carbocycles. The van der Waals surface area contributed by atoms with Crippen LogP contribution in [0.4, 0.5) is 4.79 Å². The van der Waals surface area contributed by atoms with Crippen molar-refractivity contribution in [3.05, 3.63) is 0 Å². The van der Waals surface area contributed by atoms with Gasteiger partial charge in [0.15, 0.2) is 0 Å². The van der Waals surface area contributed by atoms with Gasteiger partial charge in [-0.1, -0.05) is 39.5 Å². The molecule has 1 atom stereocenters. The first kappa shape index (κ1) is 19.3. The molecule has 0 saturated heterocycles. The molecule has 1 saturated carbocycles. The number of carbonyl (C=O) groups is 1. The number of carbonyl (C=O) groups excluding carboxylic acids is 1. The third-order valence-corrected chi connectivity index (χ3v) is 4.28. The van der Waals surface area contributed by atoms with E-state index in [2.05, 4.69) is 24.5 Å². The Kier molecular flexibility index (Phi) is 8.23. The molecule has 4 heteroatoms. The Bertz CT molecular complexity index is 316. The van der Waals surface area contributed by atoms with Crippen molar-refractivity contribution in [3.8, 4) is 0 Å². The van der Waals surface area contributed by atoms with Crippen molar-refractivity contribution in [2.75, 3.05) is 13.1 Å². The van der Waals surface area contributed by atoms with Gasteiger partial charge in [-0.3, -0.25) is 0 Å². The lowest BCUT2D eigenvalue weighted by atomic mass is 9.99. The van der Waals surface area contributed by atoms with E-state index in [0.29, 0.717) is 5.92 Å². The molecular weight excluding hydrogens is 276 g/mol. The lowest BCUT2D eigenvalue weighted by molar-refractivity contribution is 0.0490. The van der Waals surface area contributed by atoms with Gasteiger partial charge in [-0.2, -0.15) is 0 Å². The van der Waals surface area contributed by atoms with Crippen molar-refractivity contribution in [2.45, 2.75) is 84.8 Å². The van der Waals surface area contributed by atoms with E-state index >= 15 is 0 Å². The topological polar surface area (TPSA) is 50.4 Å². The summed E-state index contributed by atoms with van der Waals surface area (Å²) in [4.78, 5) is 11.9. The average molecular weight is 312 g/mol. The highest BCUT2D eigenvalue weighted by atomic mass is 16.6. The minimum absolute atomic E-state index is 0.112. The summed E-state index contributed by atoms with van der Waals surface area (Å²) >= 11 is 0. The van der Waals surface area contributed by atoms with Crippen LogP contribution in [-0.2, 0) is 4.74 Å². The molecule has 0 aromatic rings. The second-order valence-corrected chi connectivity index (χ2v) is 8.01. The highest BCUT2D eigenvalue weighted by Crippen LogP contribution is 2.22. The van der Waals surface area contributed by atoms with Gasteiger partial charge in [-0.25, -0.2) is 4.79 Å². The van der Waals surface area contributed by atoms with Crippen LogP contribution in [0.5, 0.6) is 0 Å². The Labute approximate surface area is 136 Å². The Morgan fingerprint density at radius 3 is 2.23 bits per heavy atom. The molecule has 0 aromatic carbocycles. The van der Waals surface area contributed by atoms with Gasteiger partial charge in [0.2, 0.25) is 0 Å². The normalized spacial score (nSPS) is 18.8. The second kappa shape index (κ2) is 9.39. The molecule has 0 heterocycles. The van der Waals surface area contributed by atoms with E-state index in [4.69, 9.17) is 4.74 Å². The predicted octanol–water partition coefficient (Wildman–Crippen LogP) is 4.10. The molecule has 0 spiro atoms. The summed E-state index contributed by atoms with van der Waals surface area (Å²) in [5.74, 6) is 1.19. The predicted molar refractivity (Wildman–Crippen MR) is 92.1 cm³/mol. The van der Waals surface area contributed by atoms with E-state index < -0.39 is 5.60 Å². The molecule has 1 fully saturated rings. The van der Waals surface area contributed by atoms with Crippen molar-refractivity contribution in [1.82, 2.24) is 10.6 Å². The highest BCUT2D eigenvalue weighted by molar-refractivity contribution is 5.68. The minimum atomic E-state index is -0.445. The van der Waals surface area contributed by atoms with Crippen LogP contribution in [0.15, 0.2) is 0 Å². The van der Waals surface area contributed by atoms with Crippen LogP contribution in [0.25, 0.3) is 0 Å². The van der Waals surface area contributed by atoms with Crippen molar-refractivity contribution in [1.29, 1.82) is 0 Å². The zero-order valence-corrected chi connectivity index (χ0v) is 15.2. The van der Waals surface area contributed by atoms with Gasteiger partial charge in [0, 0.05) is 12.6 Å². The molecule has 4 nitrogen and oxygen atoms in total. The maximum atomic E-state index is 11.9. The third-order valence-electron chi connectivity index (χ3n) is 4.28. The molecule has 0 bridgehead atoms. The van der Waals surface area contributed by atoms with Gasteiger partial charge >= 0.3 is 6.09 Å². The van der Waals surface area contributed by atoms with E-state index in [-0.39, 0.29) is 12.1 Å². The molecular formula is C18H36N2O2. The number of amides is 1. The van der Waals surface area contributed by atoms with Crippen molar-refractivity contribution in [2.24, 2.45) is 11.8 Å². The number of hydrogen-bond acceptors (Lipinski definition) is 3. The molecule has 130 valence electrons. The Morgan fingerprint density at radius 2 is 1.73 bits per heavy atom. The van der Waals surface area contributed by atoms with Gasteiger partial charge < -0.3 is 15.4 Å². The van der Waals surface area contributed by atoms with Crippen LogP contribution in [0.1, 0.15) is 73.1 Å². The second-order valence-electron chi connectivity index (χ2n) is 8.01. The average Bonchev–Trinajstić information content (AvgIpc) is 2.63. The summed E-state index contributed by atoms with van der Waals surface area (Å²) in [7, 11) is 0. The van der Waals surface area contributed by atoms with Gasteiger partial charge in [-0.15, -0.1) is 0 Å². The first-order chi connectivity index (χ1) is 10.3. The lowest BCUT2D eigenvalue weighted by Gasteiger charge is -2.26. The summed E-state index contributed by atoms with van der Waals surface area (Å²) in [6, 6.07) is 0.112. The Hall–Kier alpha value is -0.770. The Balaban J connectivity index is 2.32. The van der Waals surface area contributed by atoms with Crippen LogP contribution < -0.4 is 10.6 Å². The van der Waals surface area contributed by atoms with Crippen LogP contribution in [0, 0.1) is 11.8 Å². The van der Waals surface area contributed by atoms with E-state index in [0.717, 1.165) is 19.0 Å². The zero-order valence-electron chi connectivity index (χ0n) is 15.2. The summed E-state index contributed by atoms with van der Waals surface area (Å²) in [5, 5.41) is 6.56. The SMILES string of the molecule is CC(C)C(CNCC1CCCCCC1)NC(=O)OC(C)(C)C. The monoisotopic (exact) mass is 312 g/mol. The van der Waals surface area contributed by atoms with E-state index in [1.165, 1.54) is 38.5 Å². The van der Waals surface area contributed by atoms with Crippen molar-refractivity contribution in [3.63, 3.8) is 0 Å². The molecule has 0 aliphatic heterocycles. The van der Waals surface area contributed by atoms with Gasteiger partial charge in [0.1, 0.15) is 5.60 Å². The summed E-state index contributed by atoms with van der Waals surface area (Å²) in [6.45, 7) is 11.8. The van der Waals surface area contributed by atoms with E-state index in [1.54, 1.807) is 0 Å². The van der Waals surface area contributed by atoms with Gasteiger partial charge in [0.05, 0.1) is 0 Å². The molecule has 22 heavy (non-hydrogen) atoms. The fourth-order valence-electron chi connectivity index (χ4n) is 2.92. The molecule has 1 aliphatic rings. The fourth-order valence-corrected chi connectivity index (χ4v) is 2.92. The first-order valence-corrected chi connectivity index (χ1v) is 8.98. The van der Waals surface area contributed by atoms with E-state index in [9.17, 15) is 4.79 Å². The van der Waals surface area contributed by atoms with Crippen molar-refractivity contribution >= 4 is 6.09 Å². The zero-order chi connectivity index (χ0) is 16.6. The van der Waals surface area contributed by atoms with Crippen LogP contribution in [-0.4, -0.2) is 30.8 Å². The summed E-state index contributed by atoms with van der Waals surface area (Å²) in [6.07, 6.45) is 7.91. The third kappa shape index (κ3) is 8.62. The quantitative estimate of drug-likeness (QED) is 0.726. The fraction of sp³-hybridized carbons (Fsp3) is 0.944. The van der Waals surface area contributed by atoms with Gasteiger partial charge in [0.25, 0.3) is 0 Å². The number of nitrogens with one attached hydrogen (secondary N) is 2. The molecule has 1 amide bonds. The Morgan fingerprint density at radius 1 is 1.14 bits per heavy atom. The smallest absolute Gasteiger partial charge is 0.407 e. The first-order valence-electron chi connectivity index (χ1n) is 8.98. The molecule has 1 unspecified atom stereocenters. The van der Waals surface area contributed by atoms with Gasteiger partial charge in [-0.05, 0) is 52.0 Å². The number of ether oxygens (including phenoxy) is 1. The molecule has 1 rings (SSSR count). The van der Waals surface area contributed by atoms with Crippen LogP contribution in [0.2, 0.25) is 0 Å². The highest BCUT2D eigenvalue weighted by Gasteiger charge is 2.21. The largest absolute Gasteiger partial charge is 0.444 e. The maximum absolute atomic E-state index is 11.9. The van der Waals surface area contributed by atoms with Crippen molar-refractivity contribution < 1.29 is 9.53 Å². The van der Waals surface area contributed by atoms with E-state index in [1.807, 2.05) is 20.8 Å². The van der Waals surface area contributed by atoms with Crippen LogP contribution >= 0.6 is 0 Å². The minimum Gasteiger partial charge on any atom is -0.444 e. The maximum Gasteiger partial charge on any atom is 0.407 e. The molecule has 0 aromatic heterocycles. The number of hydrogen-bond donors (Lipinski definition) is 2. The lowest BCUT2D eigenvalue weighted by Crippen LogP contribution is -2.47. The molecule has 2 N–H and O–H groups in total. The number of rotatable bonds is 6. The summed E-state index contributed by atoms with van der Waals surface area (Å²) < 4.78 is 5.35. The summed E-state index contributed by atoms with van der Waals surface area (Å²) in [5.41, 5.74) is -0.445.